The topological polar surface area (TPSA) is 32.3 Å². The fourth-order valence-corrected chi connectivity index (χ4v) is 3.72. The smallest absolute Gasteiger partial charge is 0.308 e. The van der Waals surface area contributed by atoms with Crippen LogP contribution >= 0.6 is 0 Å². The molecule has 0 aliphatic carbocycles. The molecule has 3 rings (SSSR count). The van der Waals surface area contributed by atoms with Crippen LogP contribution in [0.1, 0.15) is 37.3 Å². The molecule has 1 unspecified atom stereocenters. The minimum absolute atomic E-state index is 0.0413. The number of carbonyl (C=O) groups excluding carboxylic acids is 1. The van der Waals surface area contributed by atoms with Crippen molar-refractivity contribution in [3.63, 3.8) is 0 Å². The molecule has 0 saturated heterocycles. The highest BCUT2D eigenvalue weighted by atomic mass is 19.1. The number of anilines is 1. The van der Waals surface area contributed by atoms with Gasteiger partial charge in [0.05, 0.1) is 12.1 Å². The van der Waals surface area contributed by atoms with Gasteiger partial charge in [-0.05, 0) is 30.2 Å². The van der Waals surface area contributed by atoms with Gasteiger partial charge in [0.2, 0.25) is 0 Å². The van der Waals surface area contributed by atoms with Gasteiger partial charge in [0.1, 0.15) is 12.5 Å². The average molecular weight is 344 g/mol. The summed E-state index contributed by atoms with van der Waals surface area (Å²) in [5.41, 5.74) is 1.27. The van der Waals surface area contributed by atoms with E-state index in [0.717, 1.165) is 18.4 Å². The van der Waals surface area contributed by atoms with Crippen molar-refractivity contribution >= 4 is 11.7 Å². The Balaban J connectivity index is 2.29. The zero-order chi connectivity index (χ0) is 17.9. The third kappa shape index (κ3) is 2.99. The van der Waals surface area contributed by atoms with E-state index in [1.807, 2.05) is 30.3 Å². The number of nitrogens with one attached hydrogen (secondary N) is 1. The van der Waals surface area contributed by atoms with Crippen molar-refractivity contribution < 1.29 is 13.6 Å². The van der Waals surface area contributed by atoms with Gasteiger partial charge >= 0.3 is 6.03 Å². The fourth-order valence-electron chi connectivity index (χ4n) is 3.72. The number of unbranched alkanes of at least 4 members (excludes halogenated alkanes) is 1. The highest BCUT2D eigenvalue weighted by Gasteiger charge is 2.47. The summed E-state index contributed by atoms with van der Waals surface area (Å²) in [6.07, 6.45) is 2.36. The van der Waals surface area contributed by atoms with Crippen molar-refractivity contribution in [2.24, 2.45) is 0 Å². The molecule has 3 nitrogen and oxygen atoms in total. The molecule has 0 fully saturated rings. The largest absolute Gasteiger partial charge is 0.322 e. The van der Waals surface area contributed by atoms with E-state index in [1.54, 1.807) is 6.07 Å². The summed E-state index contributed by atoms with van der Waals surface area (Å²) in [6, 6.07) is 13.6. The maximum Gasteiger partial charge on any atom is 0.322 e. The maximum absolute atomic E-state index is 14.1. The number of fused-ring (bicyclic) bond motifs is 1. The Hall–Kier alpha value is -2.43. The fraction of sp³-hybridized carbons (Fsp3) is 0.350. The van der Waals surface area contributed by atoms with Crippen molar-refractivity contribution in [3.05, 3.63) is 65.5 Å². The van der Waals surface area contributed by atoms with E-state index in [9.17, 15) is 13.6 Å². The standard InChI is InChI=1S/C20H22F2N2O/c1-2-3-11-20(15-7-5-4-6-8-15)17-14-16(22)9-10-18(17)23-19(25)24(20)13-12-21/h4-10,14H,2-3,11-13H2,1H3,(H,23,25). The Kier molecular flexibility index (Phi) is 5.02. The maximum atomic E-state index is 14.1. The zero-order valence-corrected chi connectivity index (χ0v) is 14.3. The number of alkyl halides is 1. The van der Waals surface area contributed by atoms with Gasteiger partial charge < -0.3 is 10.2 Å². The van der Waals surface area contributed by atoms with Crippen molar-refractivity contribution in [2.45, 2.75) is 31.7 Å². The van der Waals surface area contributed by atoms with E-state index in [-0.39, 0.29) is 18.4 Å². The van der Waals surface area contributed by atoms with E-state index in [0.29, 0.717) is 17.7 Å². The number of amides is 2. The number of nitrogens with zero attached hydrogens (tertiary/aromatic N) is 1. The molecule has 1 atom stereocenters. The first-order valence-electron chi connectivity index (χ1n) is 8.63. The monoisotopic (exact) mass is 344 g/mol. The lowest BCUT2D eigenvalue weighted by atomic mass is 9.75. The van der Waals surface area contributed by atoms with Gasteiger partial charge in [-0.25, -0.2) is 13.6 Å². The second-order valence-electron chi connectivity index (χ2n) is 6.29. The van der Waals surface area contributed by atoms with Crippen molar-refractivity contribution in [3.8, 4) is 0 Å². The SMILES string of the molecule is CCCCC1(c2ccccc2)c2cc(F)ccc2NC(=O)N1CCF. The van der Waals surface area contributed by atoms with Crippen LogP contribution in [0, 0.1) is 5.82 Å². The lowest BCUT2D eigenvalue weighted by Crippen LogP contribution is -2.56. The predicted molar refractivity (Wildman–Crippen MR) is 94.8 cm³/mol. The van der Waals surface area contributed by atoms with Crippen LogP contribution in [0.25, 0.3) is 0 Å². The Morgan fingerprint density at radius 3 is 2.60 bits per heavy atom. The number of urea groups is 1. The van der Waals surface area contributed by atoms with Crippen LogP contribution in [0.4, 0.5) is 19.3 Å². The number of benzene rings is 2. The minimum atomic E-state index is -0.872. The molecule has 5 heteroatoms. The van der Waals surface area contributed by atoms with Gasteiger partial charge in [0.25, 0.3) is 0 Å². The van der Waals surface area contributed by atoms with Crippen LogP contribution in [-0.4, -0.2) is 24.2 Å². The molecule has 1 aliphatic heterocycles. The number of hydrogen-bond acceptors (Lipinski definition) is 1. The van der Waals surface area contributed by atoms with Gasteiger partial charge in [-0.15, -0.1) is 0 Å². The highest BCUT2D eigenvalue weighted by Crippen LogP contribution is 2.46. The molecule has 2 amide bonds. The van der Waals surface area contributed by atoms with Gasteiger partial charge in [0.15, 0.2) is 0 Å². The molecule has 0 aromatic heterocycles. The van der Waals surface area contributed by atoms with Gasteiger partial charge in [-0.2, -0.15) is 0 Å². The van der Waals surface area contributed by atoms with Crippen LogP contribution in [0.3, 0.4) is 0 Å². The summed E-state index contributed by atoms with van der Waals surface area (Å²) in [5, 5.41) is 2.78. The highest BCUT2D eigenvalue weighted by molar-refractivity contribution is 5.94. The van der Waals surface area contributed by atoms with Crippen LogP contribution < -0.4 is 5.32 Å². The average Bonchev–Trinajstić information content (AvgIpc) is 2.63. The number of hydrogen-bond donors (Lipinski definition) is 1. The first-order chi connectivity index (χ1) is 12.1. The molecular formula is C20H22F2N2O. The van der Waals surface area contributed by atoms with E-state index in [4.69, 9.17) is 0 Å². The summed E-state index contributed by atoms with van der Waals surface area (Å²) in [6.45, 7) is 1.37. The summed E-state index contributed by atoms with van der Waals surface area (Å²) >= 11 is 0. The van der Waals surface area contributed by atoms with E-state index < -0.39 is 12.2 Å². The molecule has 1 N–H and O–H groups in total. The van der Waals surface area contributed by atoms with Crippen LogP contribution in [0.2, 0.25) is 0 Å². The normalized spacial score (nSPS) is 19.5. The van der Waals surface area contributed by atoms with Crippen molar-refractivity contribution in [1.82, 2.24) is 4.90 Å². The first kappa shape index (κ1) is 17.4. The molecule has 132 valence electrons. The lowest BCUT2D eigenvalue weighted by molar-refractivity contribution is 0.126. The summed E-state index contributed by atoms with van der Waals surface area (Å²) in [7, 11) is 0. The summed E-state index contributed by atoms with van der Waals surface area (Å²) < 4.78 is 27.4. The molecule has 0 saturated carbocycles. The molecule has 0 spiro atoms. The molecule has 0 bridgehead atoms. The Morgan fingerprint density at radius 1 is 1.16 bits per heavy atom. The Morgan fingerprint density at radius 2 is 1.92 bits per heavy atom. The molecule has 2 aromatic carbocycles. The number of rotatable bonds is 6. The second-order valence-corrected chi connectivity index (χ2v) is 6.29. The molecule has 2 aromatic rings. The first-order valence-corrected chi connectivity index (χ1v) is 8.63. The lowest BCUT2D eigenvalue weighted by Gasteiger charge is -2.48. The zero-order valence-electron chi connectivity index (χ0n) is 14.3. The Bertz CT molecular complexity index is 751. The molecule has 25 heavy (non-hydrogen) atoms. The molecular weight excluding hydrogens is 322 g/mol. The van der Waals surface area contributed by atoms with Crippen LogP contribution in [-0.2, 0) is 5.54 Å². The third-order valence-corrected chi connectivity index (χ3v) is 4.83. The summed E-state index contributed by atoms with van der Waals surface area (Å²) in [4.78, 5) is 14.3. The van der Waals surface area contributed by atoms with Gasteiger partial charge in [-0.3, -0.25) is 0 Å². The van der Waals surface area contributed by atoms with Crippen molar-refractivity contribution in [1.29, 1.82) is 0 Å². The molecule has 0 radical (unpaired) electrons. The van der Waals surface area contributed by atoms with E-state index >= 15 is 0 Å². The third-order valence-electron chi connectivity index (χ3n) is 4.83. The predicted octanol–water partition coefficient (Wildman–Crippen LogP) is 5.08. The molecule has 1 aliphatic rings. The second kappa shape index (κ2) is 7.21. The number of halogens is 2. The minimum Gasteiger partial charge on any atom is -0.308 e. The quantitative estimate of drug-likeness (QED) is 0.779. The van der Waals surface area contributed by atoms with Crippen molar-refractivity contribution in [2.75, 3.05) is 18.5 Å². The van der Waals surface area contributed by atoms with E-state index in [1.165, 1.54) is 17.0 Å². The van der Waals surface area contributed by atoms with Gasteiger partial charge in [-0.1, -0.05) is 50.1 Å². The molecule has 1 heterocycles. The van der Waals surface area contributed by atoms with Gasteiger partial charge in [0, 0.05) is 11.3 Å². The Labute approximate surface area is 146 Å². The number of carbonyl (C=O) groups is 1. The summed E-state index contributed by atoms with van der Waals surface area (Å²) in [5.74, 6) is -0.369. The van der Waals surface area contributed by atoms with Crippen LogP contribution in [0.15, 0.2) is 48.5 Å². The van der Waals surface area contributed by atoms with E-state index in [2.05, 4.69) is 12.2 Å². The van der Waals surface area contributed by atoms with Crippen LogP contribution in [0.5, 0.6) is 0 Å².